The Balaban J connectivity index is 1.84. The number of aliphatic hydroxyl groups is 1. The maximum atomic E-state index is 12.1. The Morgan fingerprint density at radius 2 is 2.22 bits per heavy atom. The molecule has 0 bridgehead atoms. The smallest absolute Gasteiger partial charge is 0.225 e. The minimum absolute atomic E-state index is 0.0191. The summed E-state index contributed by atoms with van der Waals surface area (Å²) in [5.74, 6) is 0.0633. The van der Waals surface area contributed by atoms with Crippen LogP contribution in [-0.4, -0.2) is 36.4 Å². The van der Waals surface area contributed by atoms with Gasteiger partial charge in [-0.15, -0.1) is 0 Å². The summed E-state index contributed by atoms with van der Waals surface area (Å²) in [6, 6.07) is 0. The summed E-state index contributed by atoms with van der Waals surface area (Å²) in [5.41, 5.74) is -0.156. The zero-order valence-electron chi connectivity index (χ0n) is 11.4. The highest BCUT2D eigenvalue weighted by atomic mass is 16.5. The molecule has 0 aromatic heterocycles. The van der Waals surface area contributed by atoms with Gasteiger partial charge in [0, 0.05) is 18.6 Å². The van der Waals surface area contributed by atoms with Crippen molar-refractivity contribution in [2.75, 3.05) is 13.2 Å². The second kappa shape index (κ2) is 5.57. The van der Waals surface area contributed by atoms with Gasteiger partial charge in [-0.25, -0.2) is 0 Å². The summed E-state index contributed by atoms with van der Waals surface area (Å²) in [6.45, 7) is 5.29. The van der Waals surface area contributed by atoms with Gasteiger partial charge < -0.3 is 15.2 Å². The molecule has 2 N–H and O–H groups in total. The first kappa shape index (κ1) is 13.8. The summed E-state index contributed by atoms with van der Waals surface area (Å²) in [7, 11) is 0. The molecule has 4 atom stereocenters. The second-order valence-corrected chi connectivity index (χ2v) is 6.10. The van der Waals surface area contributed by atoms with Crippen molar-refractivity contribution in [2.45, 2.75) is 58.2 Å². The van der Waals surface area contributed by atoms with Gasteiger partial charge in [0.2, 0.25) is 5.91 Å². The fraction of sp³-hybridized carbons (Fsp3) is 0.929. The highest BCUT2D eigenvalue weighted by Gasteiger charge is 2.37. The van der Waals surface area contributed by atoms with Crippen molar-refractivity contribution >= 4 is 5.91 Å². The number of ether oxygens (including phenoxy) is 1. The van der Waals surface area contributed by atoms with Crippen LogP contribution in [0.5, 0.6) is 0 Å². The summed E-state index contributed by atoms with van der Waals surface area (Å²) < 4.78 is 5.41. The maximum absolute atomic E-state index is 12.1. The van der Waals surface area contributed by atoms with E-state index in [1.165, 1.54) is 0 Å². The number of carbonyl (C=O) groups is 1. The predicted octanol–water partition coefficient (Wildman–Crippen LogP) is 1.47. The Bertz CT molecular complexity index is 307. The first-order chi connectivity index (χ1) is 8.53. The lowest BCUT2D eigenvalue weighted by Crippen LogP contribution is -2.47. The maximum Gasteiger partial charge on any atom is 0.225 e. The third-order valence-electron chi connectivity index (χ3n) is 4.66. The molecule has 104 valence electrons. The van der Waals surface area contributed by atoms with Crippen LogP contribution in [0, 0.1) is 11.3 Å². The lowest BCUT2D eigenvalue weighted by Gasteiger charge is -2.38. The van der Waals surface area contributed by atoms with Gasteiger partial charge in [-0.05, 0) is 26.2 Å². The molecule has 0 aromatic rings. The molecule has 1 aliphatic heterocycles. The van der Waals surface area contributed by atoms with Crippen molar-refractivity contribution in [3.05, 3.63) is 0 Å². The van der Waals surface area contributed by atoms with Crippen LogP contribution in [-0.2, 0) is 9.53 Å². The zero-order chi connectivity index (χ0) is 13.2. The Morgan fingerprint density at radius 1 is 1.44 bits per heavy atom. The molecule has 2 aliphatic rings. The molecule has 2 rings (SSSR count). The second-order valence-electron chi connectivity index (χ2n) is 6.10. The number of nitrogens with one attached hydrogen (secondary N) is 1. The Morgan fingerprint density at radius 3 is 2.83 bits per heavy atom. The van der Waals surface area contributed by atoms with Crippen LogP contribution in [0.2, 0.25) is 0 Å². The Labute approximate surface area is 109 Å². The summed E-state index contributed by atoms with van der Waals surface area (Å²) >= 11 is 0. The van der Waals surface area contributed by atoms with Crippen molar-refractivity contribution in [3.63, 3.8) is 0 Å². The highest BCUT2D eigenvalue weighted by molar-refractivity contribution is 5.79. The molecule has 4 unspecified atom stereocenters. The third kappa shape index (κ3) is 2.86. The first-order valence-corrected chi connectivity index (χ1v) is 7.10. The molecule has 0 radical (unpaired) electrons. The topological polar surface area (TPSA) is 58.6 Å². The minimum atomic E-state index is -0.288. The van der Waals surface area contributed by atoms with Gasteiger partial charge in [-0.2, -0.15) is 0 Å². The number of aliphatic hydroxyl groups excluding tert-OH is 1. The number of amides is 1. The van der Waals surface area contributed by atoms with Crippen molar-refractivity contribution in [1.29, 1.82) is 0 Å². The molecular weight excluding hydrogens is 230 g/mol. The summed E-state index contributed by atoms with van der Waals surface area (Å²) in [5, 5.41) is 13.1. The summed E-state index contributed by atoms with van der Waals surface area (Å²) in [6.07, 6.45) is 4.63. The average molecular weight is 255 g/mol. The molecule has 0 spiro atoms. The third-order valence-corrected chi connectivity index (χ3v) is 4.66. The van der Waals surface area contributed by atoms with Crippen LogP contribution in [0.1, 0.15) is 46.0 Å². The van der Waals surface area contributed by atoms with Gasteiger partial charge in [0.25, 0.3) is 0 Å². The van der Waals surface area contributed by atoms with E-state index in [9.17, 15) is 9.90 Å². The van der Waals surface area contributed by atoms with Gasteiger partial charge in [0.15, 0.2) is 0 Å². The normalized spacial score (nSPS) is 40.7. The molecule has 1 amide bonds. The molecule has 18 heavy (non-hydrogen) atoms. The quantitative estimate of drug-likeness (QED) is 0.803. The average Bonchev–Trinajstić information content (AvgIpc) is 2.77. The van der Waals surface area contributed by atoms with Gasteiger partial charge in [-0.3, -0.25) is 4.79 Å². The number of hydrogen-bond acceptors (Lipinski definition) is 3. The van der Waals surface area contributed by atoms with Crippen LogP contribution in [0.4, 0.5) is 0 Å². The minimum Gasteiger partial charge on any atom is -0.392 e. The van der Waals surface area contributed by atoms with E-state index >= 15 is 0 Å². The molecule has 1 saturated carbocycles. The molecular formula is C14H25NO3. The lowest BCUT2D eigenvalue weighted by atomic mass is 9.73. The van der Waals surface area contributed by atoms with E-state index in [1.54, 1.807) is 0 Å². The van der Waals surface area contributed by atoms with E-state index in [0.717, 1.165) is 32.1 Å². The van der Waals surface area contributed by atoms with Crippen LogP contribution in [0.3, 0.4) is 0 Å². The van der Waals surface area contributed by atoms with E-state index in [0.29, 0.717) is 13.2 Å². The van der Waals surface area contributed by atoms with Crippen LogP contribution in [0.25, 0.3) is 0 Å². The van der Waals surface area contributed by atoms with E-state index in [-0.39, 0.29) is 29.4 Å². The van der Waals surface area contributed by atoms with Crippen molar-refractivity contribution in [1.82, 2.24) is 5.32 Å². The van der Waals surface area contributed by atoms with Crippen LogP contribution >= 0.6 is 0 Å². The fourth-order valence-corrected chi connectivity index (χ4v) is 3.08. The lowest BCUT2D eigenvalue weighted by molar-refractivity contribution is -0.127. The van der Waals surface area contributed by atoms with Crippen molar-refractivity contribution < 1.29 is 14.6 Å². The molecule has 1 aliphatic carbocycles. The number of carbonyl (C=O) groups excluding carboxylic acids is 1. The molecule has 1 saturated heterocycles. The molecule has 1 heterocycles. The summed E-state index contributed by atoms with van der Waals surface area (Å²) in [4.78, 5) is 12.1. The Hall–Kier alpha value is -0.610. The van der Waals surface area contributed by atoms with Gasteiger partial charge in [-0.1, -0.05) is 19.8 Å². The number of rotatable bonds is 3. The van der Waals surface area contributed by atoms with Crippen molar-refractivity contribution in [2.24, 2.45) is 11.3 Å². The van der Waals surface area contributed by atoms with Gasteiger partial charge in [0.05, 0.1) is 18.1 Å². The Kier molecular flexibility index (Phi) is 4.28. The van der Waals surface area contributed by atoms with Gasteiger partial charge >= 0.3 is 0 Å². The van der Waals surface area contributed by atoms with Crippen LogP contribution < -0.4 is 5.32 Å². The van der Waals surface area contributed by atoms with E-state index in [2.05, 4.69) is 12.2 Å². The largest absolute Gasteiger partial charge is 0.392 e. The molecule has 0 aromatic carbocycles. The first-order valence-electron chi connectivity index (χ1n) is 7.10. The zero-order valence-corrected chi connectivity index (χ0v) is 11.4. The monoisotopic (exact) mass is 255 g/mol. The van der Waals surface area contributed by atoms with E-state index in [1.807, 2.05) is 6.92 Å². The molecule has 2 fully saturated rings. The van der Waals surface area contributed by atoms with Crippen molar-refractivity contribution in [3.8, 4) is 0 Å². The number of hydrogen-bond donors (Lipinski definition) is 2. The highest BCUT2D eigenvalue weighted by Crippen LogP contribution is 2.35. The predicted molar refractivity (Wildman–Crippen MR) is 69.1 cm³/mol. The van der Waals surface area contributed by atoms with E-state index < -0.39 is 0 Å². The molecule has 4 heteroatoms. The van der Waals surface area contributed by atoms with E-state index in [4.69, 9.17) is 4.74 Å². The standard InChI is InChI=1S/C14H25NO3/c1-10-11(6-8-18-10)13(17)15-9-14(2)7-4-3-5-12(14)16/h10-12,16H,3-9H2,1-2H3,(H,15,17). The fourth-order valence-electron chi connectivity index (χ4n) is 3.08. The molecule has 4 nitrogen and oxygen atoms in total. The van der Waals surface area contributed by atoms with Crippen LogP contribution in [0.15, 0.2) is 0 Å². The SMILES string of the molecule is CC1OCCC1C(=O)NCC1(C)CCCCC1O. The van der Waals surface area contributed by atoms with Gasteiger partial charge in [0.1, 0.15) is 0 Å².